The van der Waals surface area contributed by atoms with Crippen LogP contribution in [0.15, 0.2) is 30.4 Å². The van der Waals surface area contributed by atoms with Gasteiger partial charge in [0, 0.05) is 23.1 Å². The van der Waals surface area contributed by atoms with Crippen LogP contribution in [-0.4, -0.2) is 23.8 Å². The molecule has 0 heterocycles. The average Bonchev–Trinajstić information content (AvgIpc) is 2.46. The molecule has 0 aliphatic carbocycles. The van der Waals surface area contributed by atoms with Crippen LogP contribution in [0, 0.1) is 12.8 Å². The van der Waals surface area contributed by atoms with Crippen LogP contribution < -0.4 is 5.73 Å². The van der Waals surface area contributed by atoms with Gasteiger partial charge in [-0.1, -0.05) is 24.8 Å². The predicted molar refractivity (Wildman–Crippen MR) is 82.6 cm³/mol. The van der Waals surface area contributed by atoms with Crippen molar-refractivity contribution in [3.63, 3.8) is 0 Å². The van der Waals surface area contributed by atoms with Crippen LogP contribution in [0.5, 0.6) is 0 Å². The van der Waals surface area contributed by atoms with Crippen molar-refractivity contribution in [1.82, 2.24) is 0 Å². The van der Waals surface area contributed by atoms with Gasteiger partial charge in [0.25, 0.3) is 0 Å². The van der Waals surface area contributed by atoms with Gasteiger partial charge in [0.15, 0.2) is 11.6 Å². The molecule has 0 aromatic heterocycles. The monoisotopic (exact) mass is 301 g/mol. The third kappa shape index (κ3) is 3.75. The molecule has 5 heteroatoms. The number of primary amides is 1. The summed E-state index contributed by atoms with van der Waals surface area (Å²) < 4.78 is 0. The number of carbonyl (C=O) groups is 4. The van der Waals surface area contributed by atoms with Crippen LogP contribution >= 0.6 is 0 Å². The summed E-state index contributed by atoms with van der Waals surface area (Å²) in [7, 11) is 0. The lowest BCUT2D eigenvalue weighted by Crippen LogP contribution is -2.28. The van der Waals surface area contributed by atoms with E-state index < -0.39 is 17.6 Å². The van der Waals surface area contributed by atoms with Gasteiger partial charge in [0.2, 0.25) is 5.91 Å². The Morgan fingerprint density at radius 2 is 1.95 bits per heavy atom. The van der Waals surface area contributed by atoms with Gasteiger partial charge in [0.1, 0.15) is 6.29 Å². The summed E-state index contributed by atoms with van der Waals surface area (Å²) in [5.74, 6) is -2.36. The number of Topliss-reactive ketones (excluding diaryl/α,β-unsaturated/α-hetero) is 2. The number of benzene rings is 1. The molecule has 116 valence electrons. The molecular weight excluding hydrogens is 282 g/mol. The summed E-state index contributed by atoms with van der Waals surface area (Å²) in [6.07, 6.45) is 0.889. The van der Waals surface area contributed by atoms with Crippen molar-refractivity contribution in [2.75, 3.05) is 0 Å². The lowest BCUT2D eigenvalue weighted by Gasteiger charge is -2.17. The van der Waals surface area contributed by atoms with Gasteiger partial charge in [-0.3, -0.25) is 14.4 Å². The molecule has 1 amide bonds. The minimum absolute atomic E-state index is 0.00569. The Bertz CT molecular complexity index is 646. The maximum Gasteiger partial charge on any atom is 0.225 e. The molecule has 1 aromatic carbocycles. The molecule has 0 fully saturated rings. The number of nitrogens with two attached hydrogens (primary N) is 1. The molecule has 2 N–H and O–H groups in total. The Morgan fingerprint density at radius 3 is 2.45 bits per heavy atom. The first kappa shape index (κ1) is 17.5. The minimum Gasteiger partial charge on any atom is -0.369 e. The number of ketones is 2. The molecule has 22 heavy (non-hydrogen) atoms. The fourth-order valence-electron chi connectivity index (χ4n) is 2.30. The van der Waals surface area contributed by atoms with Crippen molar-refractivity contribution in [3.05, 3.63) is 47.0 Å². The number of amides is 1. The lowest BCUT2D eigenvalue weighted by atomic mass is 9.85. The third-order valence-corrected chi connectivity index (χ3v) is 3.51. The van der Waals surface area contributed by atoms with Crippen molar-refractivity contribution in [1.29, 1.82) is 0 Å². The van der Waals surface area contributed by atoms with Crippen molar-refractivity contribution >= 4 is 23.8 Å². The van der Waals surface area contributed by atoms with Gasteiger partial charge >= 0.3 is 0 Å². The Kier molecular flexibility index (Phi) is 5.92. The Labute approximate surface area is 129 Å². The van der Waals surface area contributed by atoms with Crippen LogP contribution in [0.2, 0.25) is 0 Å². The maximum absolute atomic E-state index is 12.7. The highest BCUT2D eigenvalue weighted by molar-refractivity contribution is 6.17. The molecule has 0 aliphatic heterocycles. The normalized spacial score (nSPS) is 11.5. The molecule has 0 aliphatic rings. The molecule has 0 saturated carbocycles. The highest BCUT2D eigenvalue weighted by Crippen LogP contribution is 2.24. The van der Waals surface area contributed by atoms with Crippen molar-refractivity contribution in [2.45, 2.75) is 26.7 Å². The summed E-state index contributed by atoms with van der Waals surface area (Å²) in [5.41, 5.74) is 6.44. The van der Waals surface area contributed by atoms with E-state index in [0.29, 0.717) is 11.8 Å². The van der Waals surface area contributed by atoms with Gasteiger partial charge in [-0.15, -0.1) is 0 Å². The molecule has 0 bridgehead atoms. The predicted octanol–water partition coefficient (Wildman–Crippen LogP) is 2.02. The van der Waals surface area contributed by atoms with E-state index in [1.807, 2.05) is 0 Å². The van der Waals surface area contributed by atoms with Gasteiger partial charge in [-0.25, -0.2) is 0 Å². The van der Waals surface area contributed by atoms with E-state index >= 15 is 0 Å². The number of aldehydes is 1. The summed E-state index contributed by atoms with van der Waals surface area (Å²) in [5, 5.41) is 0. The SMILES string of the molecule is C=C(C(=O)c1c(C)cccc1C(C)=O)C(CCC=O)C(N)=O. The molecule has 0 spiro atoms. The van der Waals surface area contributed by atoms with E-state index in [-0.39, 0.29) is 35.3 Å². The summed E-state index contributed by atoms with van der Waals surface area (Å²) in [4.78, 5) is 46.3. The fourth-order valence-corrected chi connectivity index (χ4v) is 2.30. The van der Waals surface area contributed by atoms with Crippen LogP contribution in [0.1, 0.15) is 46.0 Å². The van der Waals surface area contributed by atoms with Crippen molar-refractivity contribution in [2.24, 2.45) is 11.7 Å². The molecule has 0 saturated heterocycles. The number of aryl methyl sites for hydroxylation is 1. The summed E-state index contributed by atoms with van der Waals surface area (Å²) in [6, 6.07) is 4.95. The number of hydrogen-bond acceptors (Lipinski definition) is 4. The Hall–Kier alpha value is -2.56. The molecule has 1 unspecified atom stereocenters. The second kappa shape index (κ2) is 7.45. The zero-order chi connectivity index (χ0) is 16.9. The smallest absolute Gasteiger partial charge is 0.225 e. The first-order chi connectivity index (χ1) is 10.3. The van der Waals surface area contributed by atoms with E-state index in [1.165, 1.54) is 6.92 Å². The first-order valence-electron chi connectivity index (χ1n) is 6.88. The fraction of sp³-hybridized carbons (Fsp3) is 0.294. The quantitative estimate of drug-likeness (QED) is 0.451. The third-order valence-electron chi connectivity index (χ3n) is 3.51. The molecule has 1 aromatic rings. The Balaban J connectivity index is 3.25. The van der Waals surface area contributed by atoms with Crippen LogP contribution in [0.25, 0.3) is 0 Å². The summed E-state index contributed by atoms with van der Waals surface area (Å²) >= 11 is 0. The van der Waals surface area contributed by atoms with Crippen LogP contribution in [-0.2, 0) is 9.59 Å². The Morgan fingerprint density at radius 1 is 1.32 bits per heavy atom. The van der Waals surface area contributed by atoms with E-state index in [1.54, 1.807) is 25.1 Å². The molecule has 0 radical (unpaired) electrons. The highest BCUT2D eigenvalue weighted by Gasteiger charge is 2.27. The van der Waals surface area contributed by atoms with E-state index in [0.717, 1.165) is 0 Å². The van der Waals surface area contributed by atoms with E-state index in [2.05, 4.69) is 6.58 Å². The first-order valence-corrected chi connectivity index (χ1v) is 6.88. The van der Waals surface area contributed by atoms with E-state index in [4.69, 9.17) is 5.73 Å². The zero-order valence-electron chi connectivity index (χ0n) is 12.7. The summed E-state index contributed by atoms with van der Waals surface area (Å²) in [6.45, 7) is 6.74. The van der Waals surface area contributed by atoms with Crippen molar-refractivity contribution < 1.29 is 19.2 Å². The maximum atomic E-state index is 12.7. The topological polar surface area (TPSA) is 94.3 Å². The van der Waals surface area contributed by atoms with Crippen LogP contribution in [0.4, 0.5) is 0 Å². The second-order valence-corrected chi connectivity index (χ2v) is 5.11. The number of carbonyl (C=O) groups excluding carboxylic acids is 4. The van der Waals surface area contributed by atoms with Gasteiger partial charge in [-0.05, 0) is 25.8 Å². The minimum atomic E-state index is -0.919. The molecule has 1 atom stereocenters. The lowest BCUT2D eigenvalue weighted by molar-refractivity contribution is -0.120. The van der Waals surface area contributed by atoms with Crippen LogP contribution in [0.3, 0.4) is 0 Å². The van der Waals surface area contributed by atoms with Gasteiger partial charge in [-0.2, -0.15) is 0 Å². The molecular formula is C17H19NO4. The second-order valence-electron chi connectivity index (χ2n) is 5.11. The zero-order valence-corrected chi connectivity index (χ0v) is 12.7. The number of rotatable bonds is 8. The standard InChI is InChI=1S/C17H19NO4/c1-10-6-4-7-14(12(3)20)15(10)16(21)11(2)13(17(18)22)8-5-9-19/h4,6-7,9,13H,2,5,8H2,1,3H3,(H2,18,22). The molecule has 5 nitrogen and oxygen atoms in total. The van der Waals surface area contributed by atoms with Crippen molar-refractivity contribution in [3.8, 4) is 0 Å². The highest BCUT2D eigenvalue weighted by atomic mass is 16.2. The average molecular weight is 301 g/mol. The molecule has 1 rings (SSSR count). The number of hydrogen-bond donors (Lipinski definition) is 1. The van der Waals surface area contributed by atoms with Gasteiger partial charge < -0.3 is 10.5 Å². The van der Waals surface area contributed by atoms with Gasteiger partial charge in [0.05, 0.1) is 5.92 Å². The largest absolute Gasteiger partial charge is 0.369 e. The van der Waals surface area contributed by atoms with E-state index in [9.17, 15) is 19.2 Å².